The summed E-state index contributed by atoms with van der Waals surface area (Å²) in [5.74, 6) is -1.06. The molecule has 0 aliphatic carbocycles. The Kier molecular flexibility index (Phi) is 7.11. The van der Waals surface area contributed by atoms with Gasteiger partial charge in [-0.2, -0.15) is 13.2 Å². The van der Waals surface area contributed by atoms with E-state index in [0.29, 0.717) is 11.3 Å². The molecule has 0 saturated carbocycles. The Hall–Kier alpha value is -4.12. The molecule has 36 heavy (non-hydrogen) atoms. The predicted octanol–water partition coefficient (Wildman–Crippen LogP) is 3.34. The zero-order chi connectivity index (χ0) is 25.8. The lowest BCUT2D eigenvalue weighted by Crippen LogP contribution is -2.59. The molecule has 1 aliphatic heterocycles. The van der Waals surface area contributed by atoms with Crippen LogP contribution in [0.1, 0.15) is 28.0 Å². The van der Waals surface area contributed by atoms with Crippen LogP contribution in [0.15, 0.2) is 71.5 Å². The molecule has 2 amide bonds. The highest BCUT2D eigenvalue weighted by atomic mass is 19.4. The van der Waals surface area contributed by atoms with E-state index in [1.54, 1.807) is 24.3 Å². The van der Waals surface area contributed by atoms with Gasteiger partial charge in [-0.15, -0.1) is 0 Å². The van der Waals surface area contributed by atoms with Crippen LogP contribution in [0.2, 0.25) is 0 Å². The first-order chi connectivity index (χ1) is 17.2. The standard InChI is InChI=1S/C25H23F3N4O4/c26-25(27,28)18-4-1-2-5-19(18)30-17-10-8-16(9-11-17)14-29-23(35)24(12-13-36-15-24)32-22(34)20-6-3-7-21(33)31-20/h1-11,30H,12-15H2,(H,29,35)(H,31,33)(H,32,34)/t24-/m0/s1. The van der Waals surface area contributed by atoms with Crippen molar-refractivity contribution in [3.05, 3.63) is 93.9 Å². The zero-order valence-electron chi connectivity index (χ0n) is 18.9. The molecule has 1 atom stereocenters. The number of carbonyl (C=O) groups is 2. The highest BCUT2D eigenvalue weighted by Gasteiger charge is 2.43. The van der Waals surface area contributed by atoms with Crippen LogP contribution in [0, 0.1) is 0 Å². The molecule has 4 rings (SSSR count). The maximum Gasteiger partial charge on any atom is 0.418 e. The maximum atomic E-state index is 13.2. The molecule has 1 saturated heterocycles. The van der Waals surface area contributed by atoms with Gasteiger partial charge < -0.3 is 25.7 Å². The van der Waals surface area contributed by atoms with Gasteiger partial charge in [0.05, 0.1) is 17.9 Å². The van der Waals surface area contributed by atoms with Gasteiger partial charge in [-0.3, -0.25) is 14.4 Å². The Labute approximate surface area is 203 Å². The fraction of sp³-hybridized carbons (Fsp3) is 0.240. The Balaban J connectivity index is 1.39. The summed E-state index contributed by atoms with van der Waals surface area (Å²) < 4.78 is 45.0. The number of para-hydroxylation sites is 1. The second-order valence-electron chi connectivity index (χ2n) is 8.32. The normalized spacial score (nSPS) is 17.4. The quantitative estimate of drug-likeness (QED) is 0.398. The van der Waals surface area contributed by atoms with Crippen molar-refractivity contribution < 1.29 is 27.5 Å². The number of alkyl halides is 3. The Morgan fingerprint density at radius 2 is 1.75 bits per heavy atom. The van der Waals surface area contributed by atoms with E-state index in [-0.39, 0.29) is 37.6 Å². The number of ether oxygens (including phenoxy) is 1. The number of aromatic nitrogens is 1. The van der Waals surface area contributed by atoms with Gasteiger partial charge in [-0.25, -0.2) is 0 Å². The van der Waals surface area contributed by atoms with Crippen molar-refractivity contribution in [1.82, 2.24) is 15.6 Å². The molecule has 1 fully saturated rings. The van der Waals surface area contributed by atoms with Gasteiger partial charge in [0, 0.05) is 31.3 Å². The summed E-state index contributed by atoms with van der Waals surface area (Å²) in [5, 5.41) is 8.22. The summed E-state index contributed by atoms with van der Waals surface area (Å²) in [4.78, 5) is 39.6. The van der Waals surface area contributed by atoms with Crippen molar-refractivity contribution in [3.63, 3.8) is 0 Å². The minimum absolute atomic E-state index is 0.0247. The predicted molar refractivity (Wildman–Crippen MR) is 126 cm³/mol. The van der Waals surface area contributed by atoms with Gasteiger partial charge >= 0.3 is 6.18 Å². The maximum absolute atomic E-state index is 13.2. The van der Waals surface area contributed by atoms with E-state index in [9.17, 15) is 27.6 Å². The Bertz CT molecular complexity index is 1300. The molecule has 2 aromatic carbocycles. The fourth-order valence-corrected chi connectivity index (χ4v) is 3.82. The van der Waals surface area contributed by atoms with Crippen LogP contribution in [0.3, 0.4) is 0 Å². The molecule has 0 radical (unpaired) electrons. The van der Waals surface area contributed by atoms with Crippen molar-refractivity contribution in [2.45, 2.75) is 24.7 Å². The topological polar surface area (TPSA) is 112 Å². The second kappa shape index (κ2) is 10.2. The van der Waals surface area contributed by atoms with Gasteiger partial charge in [0.15, 0.2) is 0 Å². The number of nitrogens with one attached hydrogen (secondary N) is 4. The first-order valence-corrected chi connectivity index (χ1v) is 11.1. The fourth-order valence-electron chi connectivity index (χ4n) is 3.82. The Morgan fingerprint density at radius 1 is 1.00 bits per heavy atom. The smallest absolute Gasteiger partial charge is 0.378 e. The van der Waals surface area contributed by atoms with E-state index in [4.69, 9.17) is 4.74 Å². The summed E-state index contributed by atoms with van der Waals surface area (Å²) in [7, 11) is 0. The van der Waals surface area contributed by atoms with Gasteiger partial charge in [0.25, 0.3) is 5.91 Å². The molecule has 4 N–H and O–H groups in total. The number of aromatic amines is 1. The molecule has 0 spiro atoms. The number of hydrogen-bond donors (Lipinski definition) is 4. The summed E-state index contributed by atoms with van der Waals surface area (Å²) >= 11 is 0. The van der Waals surface area contributed by atoms with Crippen LogP contribution in [0.25, 0.3) is 0 Å². The molecule has 8 nitrogen and oxygen atoms in total. The SMILES string of the molecule is O=C(N[C@@]1(C(=O)NCc2ccc(Nc3ccccc3C(F)(F)F)cc2)CCOC1)c1cccc(=O)[nH]1. The van der Waals surface area contributed by atoms with E-state index in [1.165, 1.54) is 36.4 Å². The van der Waals surface area contributed by atoms with Crippen LogP contribution in [0.4, 0.5) is 24.5 Å². The summed E-state index contributed by atoms with van der Waals surface area (Å²) in [5.41, 5.74) is -1.40. The number of hydrogen-bond acceptors (Lipinski definition) is 5. The number of halogens is 3. The molecule has 0 bridgehead atoms. The number of anilines is 2. The zero-order valence-corrected chi connectivity index (χ0v) is 18.9. The molecule has 2 heterocycles. The van der Waals surface area contributed by atoms with Crippen LogP contribution < -0.4 is 21.5 Å². The molecule has 11 heteroatoms. The van der Waals surface area contributed by atoms with E-state index in [2.05, 4.69) is 20.9 Å². The second-order valence-corrected chi connectivity index (χ2v) is 8.32. The molecule has 1 aromatic heterocycles. The van der Waals surface area contributed by atoms with Crippen molar-refractivity contribution in [2.24, 2.45) is 0 Å². The van der Waals surface area contributed by atoms with Crippen molar-refractivity contribution in [1.29, 1.82) is 0 Å². The molecule has 188 valence electrons. The number of rotatable bonds is 7. The lowest BCUT2D eigenvalue weighted by atomic mass is 9.96. The molecule has 3 aromatic rings. The summed E-state index contributed by atoms with van der Waals surface area (Å²) in [6, 6.07) is 15.9. The molecule has 1 aliphatic rings. The van der Waals surface area contributed by atoms with Gasteiger partial charge in [-0.05, 0) is 35.9 Å². The Morgan fingerprint density at radius 3 is 2.42 bits per heavy atom. The van der Waals surface area contributed by atoms with E-state index < -0.39 is 34.7 Å². The van der Waals surface area contributed by atoms with E-state index in [0.717, 1.165) is 6.07 Å². The van der Waals surface area contributed by atoms with Crippen LogP contribution in [-0.2, 0) is 22.3 Å². The minimum Gasteiger partial charge on any atom is -0.378 e. The van der Waals surface area contributed by atoms with Gasteiger partial charge in [-0.1, -0.05) is 30.3 Å². The average Bonchev–Trinajstić information content (AvgIpc) is 3.33. The van der Waals surface area contributed by atoms with E-state index >= 15 is 0 Å². The van der Waals surface area contributed by atoms with Crippen LogP contribution in [-0.4, -0.2) is 35.6 Å². The highest BCUT2D eigenvalue weighted by Crippen LogP contribution is 2.35. The average molecular weight is 500 g/mol. The van der Waals surface area contributed by atoms with Gasteiger partial charge in [0.1, 0.15) is 11.2 Å². The third-order valence-electron chi connectivity index (χ3n) is 5.74. The monoisotopic (exact) mass is 500 g/mol. The van der Waals surface area contributed by atoms with Crippen molar-refractivity contribution >= 4 is 23.2 Å². The lowest BCUT2D eigenvalue weighted by molar-refractivity contribution is -0.137. The number of amides is 2. The highest BCUT2D eigenvalue weighted by molar-refractivity contribution is 5.98. The number of benzene rings is 2. The minimum atomic E-state index is -4.49. The molecule has 0 unspecified atom stereocenters. The number of pyridine rings is 1. The third-order valence-corrected chi connectivity index (χ3v) is 5.74. The largest absolute Gasteiger partial charge is 0.418 e. The number of carbonyl (C=O) groups excluding carboxylic acids is 2. The van der Waals surface area contributed by atoms with Crippen LogP contribution in [0.5, 0.6) is 0 Å². The van der Waals surface area contributed by atoms with Crippen molar-refractivity contribution in [3.8, 4) is 0 Å². The number of H-pyrrole nitrogens is 1. The summed E-state index contributed by atoms with van der Waals surface area (Å²) in [6.07, 6.45) is -4.23. The van der Waals surface area contributed by atoms with Crippen LogP contribution >= 0.6 is 0 Å². The van der Waals surface area contributed by atoms with Gasteiger partial charge in [0.2, 0.25) is 11.5 Å². The molecular formula is C25H23F3N4O4. The molecular weight excluding hydrogens is 477 g/mol. The van der Waals surface area contributed by atoms with E-state index in [1.807, 2.05) is 0 Å². The lowest BCUT2D eigenvalue weighted by Gasteiger charge is -2.27. The summed E-state index contributed by atoms with van der Waals surface area (Å²) in [6.45, 7) is 0.375. The first-order valence-electron chi connectivity index (χ1n) is 11.1. The first kappa shape index (κ1) is 25.0. The van der Waals surface area contributed by atoms with Crippen molar-refractivity contribution in [2.75, 3.05) is 18.5 Å². The third kappa shape index (κ3) is 5.74.